The second kappa shape index (κ2) is 7.23. The Bertz CT molecular complexity index is 721. The molecule has 25 heavy (non-hydrogen) atoms. The van der Waals surface area contributed by atoms with Gasteiger partial charge in [0.1, 0.15) is 5.75 Å². The summed E-state index contributed by atoms with van der Waals surface area (Å²) in [7, 11) is 0. The fraction of sp³-hybridized carbons (Fsp3) is 0.400. The van der Waals surface area contributed by atoms with Crippen molar-refractivity contribution in [1.29, 1.82) is 0 Å². The molecule has 1 heterocycles. The molecule has 3 rings (SSSR count). The Kier molecular flexibility index (Phi) is 5.65. The minimum absolute atomic E-state index is 0. The third kappa shape index (κ3) is 3.46. The van der Waals surface area contributed by atoms with Crippen molar-refractivity contribution in [3.63, 3.8) is 0 Å². The molecule has 1 aliphatic carbocycles. The summed E-state index contributed by atoms with van der Waals surface area (Å²) >= 11 is 0. The topological polar surface area (TPSA) is 46.6 Å². The van der Waals surface area contributed by atoms with E-state index in [-0.39, 0.29) is 29.4 Å². The maximum absolute atomic E-state index is 11.0. The van der Waals surface area contributed by atoms with Crippen molar-refractivity contribution in [2.75, 3.05) is 13.1 Å². The molecule has 2 aliphatic rings. The molecule has 0 unspecified atom stereocenters. The van der Waals surface area contributed by atoms with Gasteiger partial charge in [-0.3, -0.25) is 4.79 Å². The number of ether oxygens (including phenoxy) is 1. The maximum atomic E-state index is 11.0. The van der Waals surface area contributed by atoms with Gasteiger partial charge >= 0.3 is 0 Å². The van der Waals surface area contributed by atoms with E-state index in [2.05, 4.69) is 32.9 Å². The average molecular weight is 375 g/mol. The number of fused-ring (bicyclic) bond motifs is 1. The number of hydrogen-bond acceptors (Lipinski definition) is 3. The molecule has 1 aromatic carbocycles. The van der Waals surface area contributed by atoms with Crippen LogP contribution in [0.15, 0.2) is 42.0 Å². The zero-order valence-corrected chi connectivity index (χ0v) is 16.2. The smallest absolute Gasteiger partial charge is 0.298 e. The van der Waals surface area contributed by atoms with Crippen molar-refractivity contribution >= 4 is 18.5 Å². The van der Waals surface area contributed by atoms with Crippen molar-refractivity contribution < 1.29 is 32.9 Å². The number of hydrogen-bond donors (Lipinski definition) is 0. The van der Waals surface area contributed by atoms with Crippen molar-refractivity contribution in [2.45, 2.75) is 27.2 Å². The van der Waals surface area contributed by atoms with Crippen LogP contribution in [-0.4, -0.2) is 30.9 Å². The molecule has 0 saturated heterocycles. The van der Waals surface area contributed by atoms with E-state index in [1.54, 1.807) is 4.90 Å². The maximum Gasteiger partial charge on any atom is 0.298 e. The van der Waals surface area contributed by atoms with Crippen LogP contribution in [0.5, 0.6) is 5.75 Å². The summed E-state index contributed by atoms with van der Waals surface area (Å²) in [6.07, 6.45) is 7.38. The van der Waals surface area contributed by atoms with Crippen molar-refractivity contribution in [3.05, 3.63) is 47.6 Å². The summed E-state index contributed by atoms with van der Waals surface area (Å²) in [4.78, 5) is 23.2. The van der Waals surface area contributed by atoms with Crippen LogP contribution in [0.1, 0.15) is 32.8 Å². The van der Waals surface area contributed by atoms with E-state index in [1.165, 1.54) is 11.1 Å². The Hall–Kier alpha value is -1.78. The van der Waals surface area contributed by atoms with E-state index in [4.69, 9.17) is 4.74 Å². The SMILES string of the molecule is CC1(C)C(c2ccc(OC=O)cc2)=CC[C@]2(C)CN([C-]=O)CC=C12.[V]. The molecule has 1 aromatic rings. The third-order valence-corrected chi connectivity index (χ3v) is 5.29. The third-order valence-electron chi connectivity index (χ3n) is 5.29. The van der Waals surface area contributed by atoms with Crippen molar-refractivity contribution in [2.24, 2.45) is 10.8 Å². The molecule has 0 bridgehead atoms. The average Bonchev–Trinajstić information content (AvgIpc) is 2.55. The summed E-state index contributed by atoms with van der Waals surface area (Å²) in [6, 6.07) is 7.60. The van der Waals surface area contributed by atoms with Gasteiger partial charge in [0.05, 0.1) is 0 Å². The molecule has 1 amide bonds. The molecule has 5 heteroatoms. The summed E-state index contributed by atoms with van der Waals surface area (Å²) in [6.45, 7) is 8.46. The quantitative estimate of drug-likeness (QED) is 0.461. The molecular weight excluding hydrogens is 353 g/mol. The summed E-state index contributed by atoms with van der Waals surface area (Å²) in [5, 5.41) is 0. The molecule has 0 N–H and O–H groups in total. The Morgan fingerprint density at radius 2 is 1.84 bits per heavy atom. The van der Waals surface area contributed by atoms with Crippen LogP contribution in [0.4, 0.5) is 0 Å². The number of carbonyl (C=O) groups excluding carboxylic acids is 2. The number of nitrogens with zero attached hydrogens (tertiary/aromatic N) is 1. The van der Waals surface area contributed by atoms with Gasteiger partial charge in [0, 0.05) is 35.9 Å². The number of rotatable bonds is 4. The van der Waals surface area contributed by atoms with Crippen LogP contribution in [-0.2, 0) is 28.1 Å². The van der Waals surface area contributed by atoms with Crippen LogP contribution < -0.4 is 4.74 Å². The zero-order chi connectivity index (χ0) is 17.4. The second-order valence-electron chi connectivity index (χ2n) is 7.34. The first kappa shape index (κ1) is 19.5. The van der Waals surface area contributed by atoms with E-state index < -0.39 is 0 Å². The number of benzene rings is 1. The summed E-state index contributed by atoms with van der Waals surface area (Å²) in [5.41, 5.74) is 3.63. The Labute approximate surface area is 160 Å². The zero-order valence-electron chi connectivity index (χ0n) is 14.8. The molecule has 4 nitrogen and oxygen atoms in total. The van der Waals surface area contributed by atoms with Crippen LogP contribution in [0.25, 0.3) is 5.57 Å². The normalized spacial score (nSPS) is 24.2. The van der Waals surface area contributed by atoms with E-state index in [1.807, 2.05) is 30.7 Å². The second-order valence-corrected chi connectivity index (χ2v) is 7.34. The van der Waals surface area contributed by atoms with Crippen molar-refractivity contribution in [3.8, 4) is 5.75 Å². The monoisotopic (exact) mass is 375 g/mol. The fourth-order valence-electron chi connectivity index (χ4n) is 4.25. The van der Waals surface area contributed by atoms with Crippen LogP contribution in [0, 0.1) is 10.8 Å². The molecule has 131 valence electrons. The molecule has 1 radical (unpaired) electrons. The number of amides is 1. The van der Waals surface area contributed by atoms with Gasteiger partial charge in [-0.2, -0.15) is 6.41 Å². The van der Waals surface area contributed by atoms with Gasteiger partial charge in [0.15, 0.2) is 0 Å². The molecular formula is C20H22NO3V-. The number of allylic oxidation sites excluding steroid dienone is 2. The number of carbonyl (C=O) groups is 1. The minimum atomic E-state index is -0.116. The van der Waals surface area contributed by atoms with Gasteiger partial charge in [0.2, 0.25) is 0 Å². The molecule has 1 atom stereocenters. The van der Waals surface area contributed by atoms with E-state index in [0.717, 1.165) is 12.0 Å². The Morgan fingerprint density at radius 1 is 1.16 bits per heavy atom. The standard InChI is InChI=1S/C20H22NO3.V/c1-19(2)17(15-4-6-16(7-5-15)24-14-23)8-10-20(3)12-21(13-22)11-9-18(19)20;/h4-9,14H,10-12H2,1-3H3;/q-1;/t20-;/m1./s1. The molecule has 0 saturated carbocycles. The van der Waals surface area contributed by atoms with Gasteiger partial charge in [0.25, 0.3) is 6.47 Å². The van der Waals surface area contributed by atoms with Gasteiger partial charge < -0.3 is 14.4 Å². The molecule has 1 aliphatic heterocycles. The van der Waals surface area contributed by atoms with E-state index in [9.17, 15) is 9.59 Å². The van der Waals surface area contributed by atoms with E-state index in [0.29, 0.717) is 25.3 Å². The first-order valence-corrected chi connectivity index (χ1v) is 8.16. The van der Waals surface area contributed by atoms with Crippen LogP contribution >= 0.6 is 0 Å². The van der Waals surface area contributed by atoms with Gasteiger partial charge in [-0.1, -0.05) is 50.6 Å². The predicted molar refractivity (Wildman–Crippen MR) is 93.0 cm³/mol. The Morgan fingerprint density at radius 3 is 2.44 bits per heavy atom. The minimum Gasteiger partial charge on any atom is -0.520 e. The molecule has 0 spiro atoms. The first-order valence-electron chi connectivity index (χ1n) is 8.16. The van der Waals surface area contributed by atoms with Gasteiger partial charge in [-0.05, 0) is 36.2 Å². The summed E-state index contributed by atoms with van der Waals surface area (Å²) in [5.74, 6) is 0.543. The van der Waals surface area contributed by atoms with Crippen LogP contribution in [0.3, 0.4) is 0 Å². The van der Waals surface area contributed by atoms with E-state index >= 15 is 0 Å². The molecule has 0 aromatic heterocycles. The molecule has 0 fully saturated rings. The first-order chi connectivity index (χ1) is 11.4. The Balaban J connectivity index is 0.00000225. The van der Waals surface area contributed by atoms with Gasteiger partial charge in [-0.15, -0.1) is 0 Å². The predicted octanol–water partition coefficient (Wildman–Crippen LogP) is 3.35. The largest absolute Gasteiger partial charge is 0.520 e. The summed E-state index contributed by atoms with van der Waals surface area (Å²) < 4.78 is 4.87. The van der Waals surface area contributed by atoms with Crippen molar-refractivity contribution in [1.82, 2.24) is 4.90 Å². The fourth-order valence-corrected chi connectivity index (χ4v) is 4.25. The van der Waals surface area contributed by atoms with Crippen LogP contribution in [0.2, 0.25) is 0 Å². The van der Waals surface area contributed by atoms with Gasteiger partial charge in [-0.25, -0.2) is 0 Å².